The zero-order valence-corrected chi connectivity index (χ0v) is 8.76. The summed E-state index contributed by atoms with van der Waals surface area (Å²) in [6.07, 6.45) is 1.23. The van der Waals surface area contributed by atoms with E-state index in [2.05, 4.69) is 15.4 Å². The maximum atomic E-state index is 11.9. The van der Waals surface area contributed by atoms with Gasteiger partial charge < -0.3 is 5.43 Å². The Bertz CT molecular complexity index is 671. The van der Waals surface area contributed by atoms with Crippen LogP contribution >= 0.6 is 0 Å². The summed E-state index contributed by atoms with van der Waals surface area (Å²) in [6.45, 7) is 0. The van der Waals surface area contributed by atoms with Gasteiger partial charge in [0.05, 0.1) is 0 Å². The molecule has 0 bridgehead atoms. The summed E-state index contributed by atoms with van der Waals surface area (Å²) in [4.78, 5) is 31.2. The number of aromatic nitrogens is 4. The van der Waals surface area contributed by atoms with E-state index in [1.165, 1.54) is 25.0 Å². The van der Waals surface area contributed by atoms with Gasteiger partial charge in [-0.2, -0.15) is 0 Å². The minimum Gasteiger partial charge on any atom is -0.308 e. The topological polar surface area (TPSA) is 108 Å². The van der Waals surface area contributed by atoms with Crippen molar-refractivity contribution in [1.82, 2.24) is 19.1 Å². The van der Waals surface area contributed by atoms with Gasteiger partial charge in [-0.1, -0.05) is 0 Å². The van der Waals surface area contributed by atoms with Crippen molar-refractivity contribution in [1.29, 1.82) is 0 Å². The number of fused-ring (bicyclic) bond motifs is 1. The summed E-state index contributed by atoms with van der Waals surface area (Å²) in [5.74, 6) is 5.44. The quantitative estimate of drug-likeness (QED) is 0.440. The summed E-state index contributed by atoms with van der Waals surface area (Å²) in [5.41, 5.74) is 1.63. The van der Waals surface area contributed by atoms with Gasteiger partial charge in [0.25, 0.3) is 5.56 Å². The maximum absolute atomic E-state index is 11.9. The highest BCUT2D eigenvalue weighted by molar-refractivity contribution is 5.85. The summed E-state index contributed by atoms with van der Waals surface area (Å²) in [7, 11) is 2.91. The molecule has 0 saturated heterocycles. The molecule has 2 aromatic heterocycles. The van der Waals surface area contributed by atoms with Crippen molar-refractivity contribution in [3.05, 3.63) is 27.2 Å². The van der Waals surface area contributed by atoms with Crippen molar-refractivity contribution in [2.45, 2.75) is 0 Å². The molecule has 3 N–H and O–H groups in total. The fourth-order valence-corrected chi connectivity index (χ4v) is 1.51. The molecule has 84 valence electrons. The van der Waals surface area contributed by atoms with Crippen LogP contribution in [0.1, 0.15) is 0 Å². The number of hydrogen-bond acceptors (Lipinski definition) is 6. The fourth-order valence-electron chi connectivity index (χ4n) is 1.51. The lowest BCUT2D eigenvalue weighted by Gasteiger charge is -2.08. The third-order valence-corrected chi connectivity index (χ3v) is 2.37. The van der Waals surface area contributed by atoms with Crippen LogP contribution in [0, 0.1) is 0 Å². The molecule has 0 aromatic carbocycles. The molecule has 8 heteroatoms. The van der Waals surface area contributed by atoms with Crippen molar-refractivity contribution in [3.63, 3.8) is 0 Å². The van der Waals surface area contributed by atoms with Gasteiger partial charge in [0, 0.05) is 14.1 Å². The van der Waals surface area contributed by atoms with Gasteiger partial charge >= 0.3 is 5.69 Å². The lowest BCUT2D eigenvalue weighted by Crippen LogP contribution is -2.38. The van der Waals surface area contributed by atoms with Gasteiger partial charge in [-0.05, 0) is 0 Å². The Balaban J connectivity index is 3.15. The molecule has 0 aliphatic rings. The van der Waals surface area contributed by atoms with Gasteiger partial charge in [0.1, 0.15) is 11.7 Å². The minimum atomic E-state index is -0.480. The number of nitrogens with one attached hydrogen (secondary N) is 1. The van der Waals surface area contributed by atoms with Crippen LogP contribution in [0.2, 0.25) is 0 Å². The highest BCUT2D eigenvalue weighted by Gasteiger charge is 2.13. The Morgan fingerprint density at radius 1 is 1.25 bits per heavy atom. The standard InChI is InChI=1S/C8H10N6O2/c1-13-6-4(5(12-9)10-3-11-6)7(15)14(2)8(13)16/h3H,9H2,1-2H3,(H,10,11,12). The van der Waals surface area contributed by atoms with Crippen LogP contribution in [0.25, 0.3) is 11.0 Å². The predicted octanol–water partition coefficient (Wildman–Crippen LogP) is -1.69. The summed E-state index contributed by atoms with van der Waals surface area (Å²) >= 11 is 0. The van der Waals surface area contributed by atoms with E-state index in [1.807, 2.05) is 0 Å². The van der Waals surface area contributed by atoms with Crippen LogP contribution in [0.4, 0.5) is 5.82 Å². The lowest BCUT2D eigenvalue weighted by molar-refractivity contribution is 0.706. The van der Waals surface area contributed by atoms with E-state index in [-0.39, 0.29) is 16.9 Å². The van der Waals surface area contributed by atoms with Gasteiger partial charge in [-0.3, -0.25) is 13.9 Å². The van der Waals surface area contributed by atoms with E-state index >= 15 is 0 Å². The van der Waals surface area contributed by atoms with Crippen molar-refractivity contribution < 1.29 is 0 Å². The first-order chi connectivity index (χ1) is 7.57. The molecule has 0 aliphatic carbocycles. The molecule has 0 spiro atoms. The molecule has 0 radical (unpaired) electrons. The van der Waals surface area contributed by atoms with Gasteiger partial charge in [0.2, 0.25) is 0 Å². The average molecular weight is 222 g/mol. The second-order valence-electron chi connectivity index (χ2n) is 3.27. The molecule has 0 fully saturated rings. The van der Waals surface area contributed by atoms with E-state index in [4.69, 9.17) is 5.84 Å². The third-order valence-electron chi connectivity index (χ3n) is 2.37. The molecule has 2 aromatic rings. The molecule has 0 amide bonds. The number of nitrogen functional groups attached to an aromatic ring is 1. The molecule has 8 nitrogen and oxygen atoms in total. The van der Waals surface area contributed by atoms with Gasteiger partial charge in [-0.15, -0.1) is 0 Å². The normalized spacial score (nSPS) is 10.7. The number of rotatable bonds is 1. The Morgan fingerprint density at radius 3 is 2.56 bits per heavy atom. The maximum Gasteiger partial charge on any atom is 0.332 e. The zero-order chi connectivity index (χ0) is 11.9. The first-order valence-corrected chi connectivity index (χ1v) is 4.45. The minimum absolute atomic E-state index is 0.189. The number of hydrogen-bond donors (Lipinski definition) is 2. The number of nitrogens with two attached hydrogens (primary N) is 1. The summed E-state index contributed by atoms with van der Waals surface area (Å²) in [5, 5.41) is 0.189. The Kier molecular flexibility index (Phi) is 2.20. The van der Waals surface area contributed by atoms with Crippen LogP contribution in [-0.4, -0.2) is 19.1 Å². The average Bonchev–Trinajstić information content (AvgIpc) is 2.32. The van der Waals surface area contributed by atoms with Crippen molar-refractivity contribution in [2.75, 3.05) is 5.43 Å². The molecule has 16 heavy (non-hydrogen) atoms. The summed E-state index contributed by atoms with van der Waals surface area (Å²) < 4.78 is 2.24. The van der Waals surface area contributed by atoms with Crippen LogP contribution in [0.15, 0.2) is 15.9 Å². The Labute approximate surface area is 89.3 Å². The molecular formula is C8H10N6O2. The first-order valence-electron chi connectivity index (χ1n) is 4.45. The zero-order valence-electron chi connectivity index (χ0n) is 8.76. The molecule has 2 heterocycles. The second-order valence-corrected chi connectivity index (χ2v) is 3.27. The second kappa shape index (κ2) is 3.42. The molecule has 0 atom stereocenters. The number of anilines is 1. The van der Waals surface area contributed by atoms with E-state index in [9.17, 15) is 9.59 Å². The largest absolute Gasteiger partial charge is 0.332 e. The molecule has 2 rings (SSSR count). The first kappa shape index (κ1) is 10.3. The SMILES string of the molecule is Cn1c(=O)c2c(NN)ncnc2n(C)c1=O. The molecular weight excluding hydrogens is 212 g/mol. The van der Waals surface area contributed by atoms with Gasteiger partial charge in [0.15, 0.2) is 11.5 Å². The highest BCUT2D eigenvalue weighted by Crippen LogP contribution is 2.10. The Hall–Kier alpha value is -2.22. The van der Waals surface area contributed by atoms with Gasteiger partial charge in [-0.25, -0.2) is 20.6 Å². The molecule has 0 aliphatic heterocycles. The van der Waals surface area contributed by atoms with E-state index in [0.717, 1.165) is 4.57 Å². The van der Waals surface area contributed by atoms with E-state index in [0.29, 0.717) is 0 Å². The lowest BCUT2D eigenvalue weighted by atomic mass is 10.3. The van der Waals surface area contributed by atoms with Crippen molar-refractivity contribution in [2.24, 2.45) is 19.9 Å². The molecule has 0 saturated carbocycles. The summed E-state index contributed by atoms with van der Waals surface area (Å²) in [6, 6.07) is 0. The number of aryl methyl sites for hydroxylation is 1. The Morgan fingerprint density at radius 2 is 1.94 bits per heavy atom. The predicted molar refractivity (Wildman–Crippen MR) is 57.8 cm³/mol. The van der Waals surface area contributed by atoms with Crippen LogP contribution < -0.4 is 22.5 Å². The monoisotopic (exact) mass is 222 g/mol. The van der Waals surface area contributed by atoms with Crippen molar-refractivity contribution in [3.8, 4) is 0 Å². The van der Waals surface area contributed by atoms with Crippen LogP contribution in [-0.2, 0) is 14.1 Å². The van der Waals surface area contributed by atoms with E-state index < -0.39 is 11.2 Å². The van der Waals surface area contributed by atoms with Crippen LogP contribution in [0.5, 0.6) is 0 Å². The van der Waals surface area contributed by atoms with Crippen LogP contribution in [0.3, 0.4) is 0 Å². The molecule has 0 unspecified atom stereocenters. The fraction of sp³-hybridized carbons (Fsp3) is 0.250. The smallest absolute Gasteiger partial charge is 0.308 e. The number of hydrazine groups is 1. The number of nitrogens with zero attached hydrogens (tertiary/aromatic N) is 4. The highest BCUT2D eigenvalue weighted by atomic mass is 16.2. The van der Waals surface area contributed by atoms with Crippen molar-refractivity contribution >= 4 is 16.9 Å². The third kappa shape index (κ3) is 1.20. The van der Waals surface area contributed by atoms with E-state index in [1.54, 1.807) is 0 Å².